The van der Waals surface area contributed by atoms with Gasteiger partial charge in [-0.1, -0.05) is 12.1 Å². The molecule has 0 saturated carbocycles. The zero-order valence-electron chi connectivity index (χ0n) is 16.7. The first-order valence-electron chi connectivity index (χ1n) is 9.35. The van der Waals surface area contributed by atoms with Gasteiger partial charge in [0.05, 0.1) is 5.92 Å². The monoisotopic (exact) mass is 412 g/mol. The van der Waals surface area contributed by atoms with Crippen LogP contribution in [0, 0.1) is 19.8 Å². The number of nitrogens with one attached hydrogen (secondary N) is 1. The predicted molar refractivity (Wildman–Crippen MR) is 114 cm³/mol. The minimum Gasteiger partial charge on any atom is -0.455 e. The molecule has 0 bridgehead atoms. The van der Waals surface area contributed by atoms with E-state index >= 15 is 0 Å². The molecule has 29 heavy (non-hydrogen) atoms. The summed E-state index contributed by atoms with van der Waals surface area (Å²) in [7, 11) is 0. The van der Waals surface area contributed by atoms with E-state index < -0.39 is 17.8 Å². The maximum atomic E-state index is 12.4. The maximum Gasteiger partial charge on any atom is 0.311 e. The van der Waals surface area contributed by atoms with Gasteiger partial charge in [0.1, 0.15) is 0 Å². The highest BCUT2D eigenvalue weighted by molar-refractivity contribution is 7.98. The summed E-state index contributed by atoms with van der Waals surface area (Å²) < 4.78 is 5.16. The lowest BCUT2D eigenvalue weighted by molar-refractivity contribution is -0.151. The van der Waals surface area contributed by atoms with Gasteiger partial charge in [-0.2, -0.15) is 0 Å². The molecule has 0 unspecified atom stereocenters. The van der Waals surface area contributed by atoms with Crippen LogP contribution >= 0.6 is 11.8 Å². The molecule has 3 rings (SSSR count). The summed E-state index contributed by atoms with van der Waals surface area (Å²) in [5.41, 5.74) is 3.62. The van der Waals surface area contributed by atoms with Crippen LogP contribution in [0.3, 0.4) is 0 Å². The van der Waals surface area contributed by atoms with Gasteiger partial charge in [0.15, 0.2) is 6.61 Å². The second-order valence-corrected chi connectivity index (χ2v) is 7.94. The van der Waals surface area contributed by atoms with Gasteiger partial charge < -0.3 is 15.0 Å². The standard InChI is InChI=1S/C22H24N2O4S/c1-14-7-8-17(9-15(14)2)23-20(25)13-28-22(27)16-10-21(26)24(12-16)18-5-4-6-19(11-18)29-3/h4-9,11,16H,10,12-13H2,1-3H3,(H,23,25)/t16-/m0/s1. The van der Waals surface area contributed by atoms with Crippen molar-refractivity contribution >= 4 is 40.9 Å². The first kappa shape index (κ1) is 20.9. The zero-order chi connectivity index (χ0) is 21.0. The second-order valence-electron chi connectivity index (χ2n) is 7.06. The largest absolute Gasteiger partial charge is 0.455 e. The highest BCUT2D eigenvalue weighted by Crippen LogP contribution is 2.28. The first-order valence-corrected chi connectivity index (χ1v) is 10.6. The molecule has 0 spiro atoms. The highest BCUT2D eigenvalue weighted by Gasteiger charge is 2.36. The minimum atomic E-state index is -0.574. The number of aryl methyl sites for hydroxylation is 2. The maximum absolute atomic E-state index is 12.4. The van der Waals surface area contributed by atoms with Crippen LogP contribution in [0.15, 0.2) is 47.4 Å². The average Bonchev–Trinajstić information content (AvgIpc) is 3.11. The van der Waals surface area contributed by atoms with E-state index in [1.54, 1.807) is 22.7 Å². The fourth-order valence-electron chi connectivity index (χ4n) is 3.16. The molecule has 1 fully saturated rings. The number of rotatable bonds is 6. The molecule has 6 nitrogen and oxygen atoms in total. The quantitative estimate of drug-likeness (QED) is 0.580. The van der Waals surface area contributed by atoms with Crippen LogP contribution in [0.1, 0.15) is 17.5 Å². The number of esters is 1. The third-order valence-corrected chi connectivity index (χ3v) is 5.68. The molecular weight excluding hydrogens is 388 g/mol. The summed E-state index contributed by atoms with van der Waals surface area (Å²) in [5.74, 6) is -1.63. The Morgan fingerprint density at radius 3 is 2.69 bits per heavy atom. The minimum absolute atomic E-state index is 0.0844. The number of carbonyl (C=O) groups is 3. The number of thioether (sulfide) groups is 1. The summed E-state index contributed by atoms with van der Waals surface area (Å²) in [6.07, 6.45) is 2.05. The Bertz CT molecular complexity index is 944. The molecule has 152 valence electrons. The van der Waals surface area contributed by atoms with Gasteiger partial charge >= 0.3 is 5.97 Å². The Hall–Kier alpha value is -2.80. The molecule has 2 aromatic carbocycles. The van der Waals surface area contributed by atoms with Crippen molar-refractivity contribution in [2.24, 2.45) is 5.92 Å². The van der Waals surface area contributed by atoms with Gasteiger partial charge in [-0.3, -0.25) is 14.4 Å². The number of nitrogens with zero attached hydrogens (tertiary/aromatic N) is 1. The SMILES string of the molecule is CSc1cccc(N2C[C@@H](C(=O)OCC(=O)Nc3ccc(C)c(C)c3)CC2=O)c1. The summed E-state index contributed by atoms with van der Waals surface area (Å²) >= 11 is 1.59. The fourth-order valence-corrected chi connectivity index (χ4v) is 3.62. The van der Waals surface area contributed by atoms with Crippen molar-refractivity contribution in [2.75, 3.05) is 29.6 Å². The molecule has 0 aromatic heterocycles. The van der Waals surface area contributed by atoms with Crippen molar-refractivity contribution in [1.82, 2.24) is 0 Å². The number of hydrogen-bond donors (Lipinski definition) is 1. The lowest BCUT2D eigenvalue weighted by Gasteiger charge is -2.17. The van der Waals surface area contributed by atoms with Crippen LogP contribution < -0.4 is 10.2 Å². The number of benzene rings is 2. The molecule has 7 heteroatoms. The number of hydrogen-bond acceptors (Lipinski definition) is 5. The first-order chi connectivity index (χ1) is 13.9. The van der Waals surface area contributed by atoms with Crippen molar-refractivity contribution in [1.29, 1.82) is 0 Å². The molecule has 1 aliphatic rings. The summed E-state index contributed by atoms with van der Waals surface area (Å²) in [4.78, 5) is 39.4. The molecule has 1 saturated heterocycles. The van der Waals surface area contributed by atoms with E-state index in [2.05, 4.69) is 5.32 Å². The number of carbonyl (C=O) groups excluding carboxylic acids is 3. The Labute approximate surface area is 174 Å². The van der Waals surface area contributed by atoms with Crippen LogP contribution in [0.4, 0.5) is 11.4 Å². The van der Waals surface area contributed by atoms with E-state index in [9.17, 15) is 14.4 Å². The van der Waals surface area contributed by atoms with E-state index in [0.29, 0.717) is 5.69 Å². The van der Waals surface area contributed by atoms with Gasteiger partial charge in [0, 0.05) is 29.2 Å². The Morgan fingerprint density at radius 2 is 1.97 bits per heavy atom. The molecule has 2 amide bonds. The van der Waals surface area contributed by atoms with Gasteiger partial charge in [-0.05, 0) is 61.6 Å². The molecule has 0 radical (unpaired) electrons. The van der Waals surface area contributed by atoms with E-state index in [0.717, 1.165) is 21.7 Å². The fraction of sp³-hybridized carbons (Fsp3) is 0.318. The van der Waals surface area contributed by atoms with Crippen LogP contribution in [0.5, 0.6) is 0 Å². The molecule has 1 N–H and O–H groups in total. The number of amides is 2. The van der Waals surface area contributed by atoms with Gasteiger partial charge in [0.25, 0.3) is 5.91 Å². The van der Waals surface area contributed by atoms with Crippen molar-refractivity contribution < 1.29 is 19.1 Å². The topological polar surface area (TPSA) is 75.7 Å². The summed E-state index contributed by atoms with van der Waals surface area (Å²) in [6, 6.07) is 13.2. The van der Waals surface area contributed by atoms with Crippen molar-refractivity contribution in [3.8, 4) is 0 Å². The van der Waals surface area contributed by atoms with E-state index in [1.807, 2.05) is 56.5 Å². The molecule has 1 aliphatic heterocycles. The molecule has 1 atom stereocenters. The van der Waals surface area contributed by atoms with Crippen LogP contribution in [-0.4, -0.2) is 37.2 Å². The highest BCUT2D eigenvalue weighted by atomic mass is 32.2. The van der Waals surface area contributed by atoms with Gasteiger partial charge in [-0.25, -0.2) is 0 Å². The number of anilines is 2. The average molecular weight is 413 g/mol. The van der Waals surface area contributed by atoms with Crippen molar-refractivity contribution in [3.05, 3.63) is 53.6 Å². The van der Waals surface area contributed by atoms with E-state index in [1.165, 1.54) is 0 Å². The third kappa shape index (κ3) is 5.17. The smallest absolute Gasteiger partial charge is 0.311 e. The zero-order valence-corrected chi connectivity index (χ0v) is 17.5. The Kier molecular flexibility index (Phi) is 6.59. The predicted octanol–water partition coefficient (Wildman–Crippen LogP) is 3.56. The van der Waals surface area contributed by atoms with Crippen molar-refractivity contribution in [3.63, 3.8) is 0 Å². The Balaban J connectivity index is 1.53. The van der Waals surface area contributed by atoms with Gasteiger partial charge in [-0.15, -0.1) is 11.8 Å². The lowest BCUT2D eigenvalue weighted by atomic mass is 10.1. The number of ether oxygens (including phenoxy) is 1. The van der Waals surface area contributed by atoms with Crippen molar-refractivity contribution in [2.45, 2.75) is 25.2 Å². The van der Waals surface area contributed by atoms with E-state index in [4.69, 9.17) is 4.74 Å². The normalized spacial score (nSPS) is 16.0. The molecule has 2 aromatic rings. The van der Waals surface area contributed by atoms with Crippen LogP contribution in [-0.2, 0) is 19.1 Å². The third-order valence-electron chi connectivity index (χ3n) is 4.96. The van der Waals surface area contributed by atoms with E-state index in [-0.39, 0.29) is 25.5 Å². The Morgan fingerprint density at radius 1 is 1.17 bits per heavy atom. The van der Waals surface area contributed by atoms with Crippen LogP contribution in [0.25, 0.3) is 0 Å². The molecule has 0 aliphatic carbocycles. The molecular formula is C22H24N2O4S. The van der Waals surface area contributed by atoms with Gasteiger partial charge in [0.2, 0.25) is 5.91 Å². The lowest BCUT2D eigenvalue weighted by Crippen LogP contribution is -2.28. The summed E-state index contributed by atoms with van der Waals surface area (Å²) in [6.45, 7) is 3.83. The second kappa shape index (κ2) is 9.13. The summed E-state index contributed by atoms with van der Waals surface area (Å²) in [5, 5.41) is 2.72. The molecule has 1 heterocycles. The van der Waals surface area contributed by atoms with Crippen LogP contribution in [0.2, 0.25) is 0 Å².